The highest BCUT2D eigenvalue weighted by atomic mass is 79.9. The van der Waals surface area contributed by atoms with Crippen LogP contribution in [0.5, 0.6) is 0 Å². The number of nitrogens with zero attached hydrogens (tertiary/aromatic N) is 2. The number of hydrogen-bond acceptors (Lipinski definition) is 3. The van der Waals surface area contributed by atoms with Gasteiger partial charge in [-0.2, -0.15) is 5.26 Å². The molecule has 1 atom stereocenters. The number of aliphatic hydroxyl groups is 1. The van der Waals surface area contributed by atoms with E-state index < -0.39 is 0 Å². The second kappa shape index (κ2) is 4.86. The van der Waals surface area contributed by atoms with Gasteiger partial charge in [-0.3, -0.25) is 0 Å². The Bertz CT molecular complexity index is 428. The fraction of sp³-hybridized carbons (Fsp3) is 0.417. The third kappa shape index (κ3) is 1.93. The second-order valence-corrected chi connectivity index (χ2v) is 4.77. The van der Waals surface area contributed by atoms with Gasteiger partial charge in [0.05, 0.1) is 23.9 Å². The lowest BCUT2D eigenvalue weighted by molar-refractivity contribution is 0.266. The van der Waals surface area contributed by atoms with Crippen LogP contribution in [0.25, 0.3) is 0 Å². The number of rotatable bonds is 2. The van der Waals surface area contributed by atoms with Crippen molar-refractivity contribution in [1.82, 2.24) is 0 Å². The third-order valence-electron chi connectivity index (χ3n) is 3.00. The van der Waals surface area contributed by atoms with Crippen LogP contribution in [0.2, 0.25) is 0 Å². The minimum atomic E-state index is 0.150. The zero-order chi connectivity index (χ0) is 11.5. The molecule has 16 heavy (non-hydrogen) atoms. The maximum atomic E-state index is 9.29. The summed E-state index contributed by atoms with van der Waals surface area (Å²) in [4.78, 5) is 2.13. The van der Waals surface area contributed by atoms with Crippen molar-refractivity contribution in [2.45, 2.75) is 18.9 Å². The number of halogens is 1. The van der Waals surface area contributed by atoms with Crippen LogP contribution in [0.3, 0.4) is 0 Å². The molecule has 84 valence electrons. The quantitative estimate of drug-likeness (QED) is 0.904. The van der Waals surface area contributed by atoms with Crippen molar-refractivity contribution in [3.8, 4) is 6.07 Å². The molecule has 2 rings (SSSR count). The lowest BCUT2D eigenvalue weighted by Crippen LogP contribution is -2.32. The molecule has 0 aliphatic carbocycles. The molecule has 1 fully saturated rings. The molecule has 0 bridgehead atoms. The molecule has 0 amide bonds. The molecule has 3 nitrogen and oxygen atoms in total. The summed E-state index contributed by atoms with van der Waals surface area (Å²) in [5, 5.41) is 18.4. The fourth-order valence-electron chi connectivity index (χ4n) is 2.21. The predicted molar refractivity (Wildman–Crippen MR) is 66.3 cm³/mol. The van der Waals surface area contributed by atoms with E-state index in [2.05, 4.69) is 26.9 Å². The first-order valence-electron chi connectivity index (χ1n) is 5.34. The Labute approximate surface area is 103 Å². The van der Waals surface area contributed by atoms with Crippen molar-refractivity contribution >= 4 is 21.6 Å². The lowest BCUT2D eigenvalue weighted by atomic mass is 10.1. The Hall–Kier alpha value is -1.05. The molecule has 0 radical (unpaired) electrons. The van der Waals surface area contributed by atoms with Gasteiger partial charge in [0.1, 0.15) is 6.07 Å². The number of anilines is 1. The van der Waals surface area contributed by atoms with E-state index in [4.69, 9.17) is 5.26 Å². The summed E-state index contributed by atoms with van der Waals surface area (Å²) in [7, 11) is 0. The van der Waals surface area contributed by atoms with E-state index in [0.29, 0.717) is 5.56 Å². The van der Waals surface area contributed by atoms with Crippen molar-refractivity contribution in [3.63, 3.8) is 0 Å². The number of aliphatic hydroxyl groups excluding tert-OH is 1. The second-order valence-electron chi connectivity index (χ2n) is 3.92. The highest BCUT2D eigenvalue weighted by Crippen LogP contribution is 2.31. The summed E-state index contributed by atoms with van der Waals surface area (Å²) in [6, 6.07) is 8.10. The molecule has 0 spiro atoms. The van der Waals surface area contributed by atoms with Gasteiger partial charge in [-0.15, -0.1) is 0 Å². The Morgan fingerprint density at radius 2 is 2.38 bits per heavy atom. The molecule has 4 heteroatoms. The highest BCUT2D eigenvalue weighted by molar-refractivity contribution is 9.10. The Morgan fingerprint density at radius 1 is 1.56 bits per heavy atom. The zero-order valence-electron chi connectivity index (χ0n) is 8.86. The zero-order valence-corrected chi connectivity index (χ0v) is 10.4. The van der Waals surface area contributed by atoms with Gasteiger partial charge in [0.2, 0.25) is 0 Å². The molecular weight excluding hydrogens is 268 g/mol. The van der Waals surface area contributed by atoms with Gasteiger partial charge < -0.3 is 10.0 Å². The van der Waals surface area contributed by atoms with Crippen LogP contribution in [0.15, 0.2) is 22.7 Å². The average Bonchev–Trinajstić information content (AvgIpc) is 2.76. The van der Waals surface area contributed by atoms with Crippen LogP contribution in [0, 0.1) is 11.3 Å². The molecule has 1 unspecified atom stereocenters. The fourth-order valence-corrected chi connectivity index (χ4v) is 2.65. The molecule has 1 N–H and O–H groups in total. The Morgan fingerprint density at radius 3 is 3.06 bits per heavy atom. The summed E-state index contributed by atoms with van der Waals surface area (Å²) in [6.07, 6.45) is 2.07. The van der Waals surface area contributed by atoms with E-state index in [1.165, 1.54) is 0 Å². The number of benzene rings is 1. The molecule has 1 aliphatic rings. The van der Waals surface area contributed by atoms with Crippen LogP contribution in [-0.2, 0) is 0 Å². The molecule has 0 saturated carbocycles. The van der Waals surface area contributed by atoms with E-state index >= 15 is 0 Å². The largest absolute Gasteiger partial charge is 0.394 e. The number of nitriles is 1. The summed E-state index contributed by atoms with van der Waals surface area (Å²) in [5.41, 5.74) is 1.58. The minimum absolute atomic E-state index is 0.150. The van der Waals surface area contributed by atoms with Gasteiger partial charge in [-0.1, -0.05) is 6.07 Å². The topological polar surface area (TPSA) is 47.3 Å². The first kappa shape index (κ1) is 11.4. The average molecular weight is 281 g/mol. The van der Waals surface area contributed by atoms with Gasteiger partial charge in [-0.25, -0.2) is 0 Å². The Kier molecular flexibility index (Phi) is 3.47. The number of hydrogen-bond donors (Lipinski definition) is 1. The van der Waals surface area contributed by atoms with Crippen molar-refractivity contribution in [2.24, 2.45) is 0 Å². The lowest BCUT2D eigenvalue weighted by Gasteiger charge is -2.26. The van der Waals surface area contributed by atoms with Crippen molar-refractivity contribution in [1.29, 1.82) is 5.26 Å². The monoisotopic (exact) mass is 280 g/mol. The summed E-state index contributed by atoms with van der Waals surface area (Å²) in [6.45, 7) is 1.06. The van der Waals surface area contributed by atoms with Gasteiger partial charge >= 0.3 is 0 Å². The molecule has 1 aromatic carbocycles. The van der Waals surface area contributed by atoms with Crippen LogP contribution < -0.4 is 4.90 Å². The summed E-state index contributed by atoms with van der Waals surface area (Å²) >= 11 is 3.38. The molecule has 1 aromatic rings. The van der Waals surface area contributed by atoms with E-state index in [1.807, 2.05) is 18.2 Å². The molecular formula is C12H13BrN2O. The van der Waals surface area contributed by atoms with Crippen LogP contribution >= 0.6 is 15.9 Å². The van der Waals surface area contributed by atoms with E-state index in [0.717, 1.165) is 29.5 Å². The molecule has 1 aliphatic heterocycles. The van der Waals surface area contributed by atoms with Crippen LogP contribution in [-0.4, -0.2) is 24.3 Å². The first-order valence-corrected chi connectivity index (χ1v) is 6.13. The van der Waals surface area contributed by atoms with Crippen LogP contribution in [0.1, 0.15) is 18.4 Å². The van der Waals surface area contributed by atoms with Crippen LogP contribution in [0.4, 0.5) is 5.69 Å². The van der Waals surface area contributed by atoms with Crippen molar-refractivity contribution in [2.75, 3.05) is 18.1 Å². The predicted octanol–water partition coefficient (Wildman–Crippen LogP) is 2.28. The maximum Gasteiger partial charge on any atom is 0.103 e. The smallest absolute Gasteiger partial charge is 0.103 e. The van der Waals surface area contributed by atoms with Gasteiger partial charge in [0.25, 0.3) is 0 Å². The molecule has 1 heterocycles. The maximum absolute atomic E-state index is 9.29. The minimum Gasteiger partial charge on any atom is -0.394 e. The van der Waals surface area contributed by atoms with E-state index in [-0.39, 0.29) is 12.6 Å². The third-order valence-corrected chi connectivity index (χ3v) is 3.66. The first-order chi connectivity index (χ1) is 7.77. The van der Waals surface area contributed by atoms with Crippen molar-refractivity contribution in [3.05, 3.63) is 28.2 Å². The van der Waals surface area contributed by atoms with E-state index in [9.17, 15) is 5.11 Å². The van der Waals surface area contributed by atoms with Gasteiger partial charge in [-0.05, 0) is 40.9 Å². The van der Waals surface area contributed by atoms with E-state index in [1.54, 1.807) is 0 Å². The molecule has 0 aromatic heterocycles. The normalized spacial score (nSPS) is 19.8. The summed E-state index contributed by atoms with van der Waals surface area (Å²) in [5.74, 6) is 0. The Balaban J connectivity index is 2.40. The highest BCUT2D eigenvalue weighted by Gasteiger charge is 2.26. The molecule has 1 saturated heterocycles. The van der Waals surface area contributed by atoms with Gasteiger partial charge in [0.15, 0.2) is 0 Å². The summed E-state index contributed by atoms with van der Waals surface area (Å²) < 4.78 is 0.816. The van der Waals surface area contributed by atoms with Crippen molar-refractivity contribution < 1.29 is 5.11 Å². The SMILES string of the molecule is N#Cc1c(Br)cccc1N1CCCC1CO. The van der Waals surface area contributed by atoms with Gasteiger partial charge in [0, 0.05) is 11.0 Å². The standard InChI is InChI=1S/C12H13BrN2O/c13-11-4-1-5-12(10(11)7-14)15-6-2-3-9(15)8-16/h1,4-5,9,16H,2-3,6,8H2.